The van der Waals surface area contributed by atoms with Crippen molar-refractivity contribution in [2.45, 2.75) is 18.0 Å². The van der Waals surface area contributed by atoms with Crippen molar-refractivity contribution < 1.29 is 13.5 Å². The molecular formula is C14H15BrN2O3S. The molecular weight excluding hydrogens is 356 g/mol. The molecule has 112 valence electrons. The average molecular weight is 371 g/mol. The van der Waals surface area contributed by atoms with Crippen molar-refractivity contribution >= 4 is 26.0 Å². The molecule has 0 aromatic heterocycles. The second kappa shape index (κ2) is 6.57. The van der Waals surface area contributed by atoms with Crippen molar-refractivity contribution in [3.05, 3.63) is 58.1 Å². The number of primary sulfonamides is 1. The Morgan fingerprint density at radius 3 is 2.19 bits per heavy atom. The molecule has 0 heterocycles. The van der Waals surface area contributed by atoms with Gasteiger partial charge in [0, 0.05) is 13.1 Å². The third-order valence-corrected chi connectivity index (χ3v) is 4.49. The summed E-state index contributed by atoms with van der Waals surface area (Å²) in [5.41, 5.74) is 1.99. The highest BCUT2D eigenvalue weighted by Gasteiger charge is 2.06. The van der Waals surface area contributed by atoms with E-state index >= 15 is 0 Å². The standard InChI is InChI=1S/C14H15BrN2O3S/c15-13-7-11(3-6-14(13)18)9-17-8-10-1-4-12(5-2-10)21(16,19)20/h1-7,17-18H,8-9H2,(H2,16,19,20). The maximum Gasteiger partial charge on any atom is 0.238 e. The van der Waals surface area contributed by atoms with Crippen LogP contribution < -0.4 is 10.5 Å². The third-order valence-electron chi connectivity index (χ3n) is 2.92. The molecule has 0 radical (unpaired) electrons. The van der Waals surface area contributed by atoms with Crippen LogP contribution in [0.2, 0.25) is 0 Å². The van der Waals surface area contributed by atoms with Crippen molar-refractivity contribution in [3.8, 4) is 5.75 Å². The molecule has 0 saturated carbocycles. The van der Waals surface area contributed by atoms with E-state index in [9.17, 15) is 13.5 Å². The van der Waals surface area contributed by atoms with E-state index in [-0.39, 0.29) is 10.6 Å². The molecule has 0 unspecified atom stereocenters. The predicted molar refractivity (Wildman–Crippen MR) is 84.2 cm³/mol. The molecule has 0 aliphatic rings. The van der Waals surface area contributed by atoms with Gasteiger partial charge < -0.3 is 10.4 Å². The number of halogens is 1. The number of nitrogens with one attached hydrogen (secondary N) is 1. The molecule has 21 heavy (non-hydrogen) atoms. The first-order valence-electron chi connectivity index (χ1n) is 6.16. The minimum Gasteiger partial charge on any atom is -0.507 e. The Kier molecular flexibility index (Phi) is 5.00. The van der Waals surface area contributed by atoms with Gasteiger partial charge in [0.05, 0.1) is 9.37 Å². The third kappa shape index (κ3) is 4.53. The van der Waals surface area contributed by atoms with Gasteiger partial charge in [-0.05, 0) is 51.3 Å². The Morgan fingerprint density at radius 2 is 1.62 bits per heavy atom. The van der Waals surface area contributed by atoms with Gasteiger partial charge in [0.1, 0.15) is 5.75 Å². The Balaban J connectivity index is 1.93. The van der Waals surface area contributed by atoms with Crippen molar-refractivity contribution in [1.29, 1.82) is 0 Å². The summed E-state index contributed by atoms with van der Waals surface area (Å²) in [6.45, 7) is 1.24. The highest BCUT2D eigenvalue weighted by Crippen LogP contribution is 2.24. The Morgan fingerprint density at radius 1 is 1.05 bits per heavy atom. The summed E-state index contributed by atoms with van der Waals surface area (Å²) in [5, 5.41) is 17.7. The maximum absolute atomic E-state index is 11.1. The number of hydrogen-bond donors (Lipinski definition) is 3. The first-order valence-corrected chi connectivity index (χ1v) is 8.50. The molecule has 0 bridgehead atoms. The summed E-state index contributed by atoms with van der Waals surface area (Å²) in [7, 11) is -3.64. The molecule has 2 rings (SSSR count). The quantitative estimate of drug-likeness (QED) is 0.751. The van der Waals surface area contributed by atoms with Crippen LogP contribution in [0.1, 0.15) is 11.1 Å². The van der Waals surface area contributed by atoms with Crippen LogP contribution in [-0.2, 0) is 23.1 Å². The van der Waals surface area contributed by atoms with E-state index in [1.807, 2.05) is 12.1 Å². The van der Waals surface area contributed by atoms with Crippen LogP contribution in [0.25, 0.3) is 0 Å². The number of sulfonamides is 1. The van der Waals surface area contributed by atoms with Crippen molar-refractivity contribution in [1.82, 2.24) is 5.32 Å². The van der Waals surface area contributed by atoms with E-state index in [2.05, 4.69) is 21.2 Å². The Labute approximate surface area is 132 Å². The number of phenolic OH excluding ortho intramolecular Hbond substituents is 1. The average Bonchev–Trinajstić information content (AvgIpc) is 2.42. The largest absolute Gasteiger partial charge is 0.507 e. The van der Waals surface area contributed by atoms with E-state index in [4.69, 9.17) is 5.14 Å². The van der Waals surface area contributed by atoms with Crippen LogP contribution in [0, 0.1) is 0 Å². The lowest BCUT2D eigenvalue weighted by Gasteiger charge is -2.07. The van der Waals surface area contributed by atoms with Crippen LogP contribution >= 0.6 is 15.9 Å². The summed E-state index contributed by atoms with van der Waals surface area (Å²) >= 11 is 3.26. The molecule has 0 aliphatic heterocycles. The Bertz CT molecular complexity index is 730. The Hall–Kier alpha value is -1.41. The van der Waals surface area contributed by atoms with Gasteiger partial charge in [-0.2, -0.15) is 0 Å². The molecule has 0 saturated heterocycles. The molecule has 0 atom stereocenters. The van der Waals surface area contributed by atoms with Crippen LogP contribution in [0.5, 0.6) is 5.75 Å². The monoisotopic (exact) mass is 370 g/mol. The SMILES string of the molecule is NS(=O)(=O)c1ccc(CNCc2ccc(O)c(Br)c2)cc1. The molecule has 2 aromatic carbocycles. The van der Waals surface area contributed by atoms with Gasteiger partial charge in [0.15, 0.2) is 0 Å². The van der Waals surface area contributed by atoms with Gasteiger partial charge in [-0.15, -0.1) is 0 Å². The molecule has 5 nitrogen and oxygen atoms in total. The number of phenols is 1. The molecule has 0 aliphatic carbocycles. The van der Waals surface area contributed by atoms with Crippen LogP contribution in [0.4, 0.5) is 0 Å². The second-order valence-electron chi connectivity index (χ2n) is 4.58. The molecule has 0 spiro atoms. The molecule has 0 amide bonds. The molecule has 7 heteroatoms. The van der Waals surface area contributed by atoms with Gasteiger partial charge >= 0.3 is 0 Å². The molecule has 2 aromatic rings. The summed E-state index contributed by atoms with van der Waals surface area (Å²) in [5.74, 6) is 0.206. The first-order chi connectivity index (χ1) is 9.86. The predicted octanol–water partition coefficient (Wildman–Crippen LogP) is 2.09. The zero-order valence-corrected chi connectivity index (χ0v) is 13.5. The first kappa shape index (κ1) is 16.0. The number of rotatable bonds is 5. The lowest BCUT2D eigenvalue weighted by Crippen LogP contribution is -2.14. The van der Waals surface area contributed by atoms with Crippen LogP contribution in [0.15, 0.2) is 51.8 Å². The van der Waals surface area contributed by atoms with Gasteiger partial charge in [-0.25, -0.2) is 13.6 Å². The lowest BCUT2D eigenvalue weighted by molar-refractivity contribution is 0.471. The van der Waals surface area contributed by atoms with Crippen LogP contribution in [0.3, 0.4) is 0 Å². The second-order valence-corrected chi connectivity index (χ2v) is 6.99. The van der Waals surface area contributed by atoms with Gasteiger partial charge in [-0.1, -0.05) is 18.2 Å². The van der Waals surface area contributed by atoms with Crippen molar-refractivity contribution in [2.75, 3.05) is 0 Å². The fraction of sp³-hybridized carbons (Fsp3) is 0.143. The zero-order valence-electron chi connectivity index (χ0n) is 11.1. The summed E-state index contributed by atoms with van der Waals surface area (Å²) in [4.78, 5) is 0.105. The van der Waals surface area contributed by atoms with E-state index in [1.165, 1.54) is 12.1 Å². The summed E-state index contributed by atoms with van der Waals surface area (Å²) < 4.78 is 22.9. The number of aromatic hydroxyl groups is 1. The number of benzene rings is 2. The zero-order chi connectivity index (χ0) is 15.5. The maximum atomic E-state index is 11.1. The van der Waals surface area contributed by atoms with E-state index in [0.717, 1.165) is 11.1 Å². The number of nitrogens with two attached hydrogens (primary N) is 1. The smallest absolute Gasteiger partial charge is 0.238 e. The van der Waals surface area contributed by atoms with Crippen LogP contribution in [-0.4, -0.2) is 13.5 Å². The fourth-order valence-corrected chi connectivity index (χ4v) is 2.75. The van der Waals surface area contributed by atoms with Gasteiger partial charge in [0.25, 0.3) is 0 Å². The lowest BCUT2D eigenvalue weighted by atomic mass is 10.2. The normalized spacial score (nSPS) is 11.5. The molecule has 0 fully saturated rings. The fourth-order valence-electron chi connectivity index (χ4n) is 1.81. The van der Waals surface area contributed by atoms with Crippen molar-refractivity contribution in [3.63, 3.8) is 0 Å². The van der Waals surface area contributed by atoms with Crippen molar-refractivity contribution in [2.24, 2.45) is 5.14 Å². The summed E-state index contributed by atoms with van der Waals surface area (Å²) in [6, 6.07) is 11.7. The van der Waals surface area contributed by atoms with Gasteiger partial charge in [0.2, 0.25) is 10.0 Å². The number of hydrogen-bond acceptors (Lipinski definition) is 4. The summed E-state index contributed by atoms with van der Waals surface area (Å²) in [6.07, 6.45) is 0. The van der Waals surface area contributed by atoms with E-state index in [0.29, 0.717) is 17.6 Å². The minimum atomic E-state index is -3.64. The van der Waals surface area contributed by atoms with E-state index < -0.39 is 10.0 Å². The molecule has 4 N–H and O–H groups in total. The topological polar surface area (TPSA) is 92.4 Å². The highest BCUT2D eigenvalue weighted by atomic mass is 79.9. The highest BCUT2D eigenvalue weighted by molar-refractivity contribution is 9.10. The minimum absolute atomic E-state index is 0.105. The van der Waals surface area contributed by atoms with Gasteiger partial charge in [-0.3, -0.25) is 0 Å². The van der Waals surface area contributed by atoms with E-state index in [1.54, 1.807) is 18.2 Å².